The number of hydrogen-bond donors (Lipinski definition) is 1. The number of nitrogens with zero attached hydrogens (tertiary/aromatic N) is 1. The molecule has 96 valence electrons. The molecule has 2 nitrogen and oxygen atoms in total. The normalized spacial score (nSPS) is 19.8. The van der Waals surface area contributed by atoms with Gasteiger partial charge in [0.15, 0.2) is 0 Å². The summed E-state index contributed by atoms with van der Waals surface area (Å²) in [4.78, 5) is 0. The standard InChI is InChI=1S/C16H22N2/c1-3-12-6-4-8-15-13(11-18(2)16(12)15)10-14-7-5-9-17-14/h4,6,8,11,14,17H,3,5,7,9-10H2,1-2H3. The number of aromatic nitrogens is 1. The molecule has 2 aromatic rings. The molecule has 3 rings (SSSR count). The van der Waals surface area contributed by atoms with E-state index in [4.69, 9.17) is 0 Å². The largest absolute Gasteiger partial charge is 0.350 e. The number of nitrogens with one attached hydrogen (secondary N) is 1. The van der Waals surface area contributed by atoms with E-state index in [1.54, 1.807) is 0 Å². The highest BCUT2D eigenvalue weighted by Crippen LogP contribution is 2.26. The zero-order chi connectivity index (χ0) is 12.5. The van der Waals surface area contributed by atoms with Crippen LogP contribution in [0.1, 0.15) is 30.9 Å². The van der Waals surface area contributed by atoms with Gasteiger partial charge in [-0.15, -0.1) is 0 Å². The molecule has 18 heavy (non-hydrogen) atoms. The van der Waals surface area contributed by atoms with Gasteiger partial charge in [0.1, 0.15) is 0 Å². The van der Waals surface area contributed by atoms with Crippen LogP contribution < -0.4 is 5.32 Å². The Labute approximate surface area is 109 Å². The Morgan fingerprint density at radius 3 is 2.94 bits per heavy atom. The van der Waals surface area contributed by atoms with Crippen molar-refractivity contribution in [1.82, 2.24) is 9.88 Å². The van der Waals surface area contributed by atoms with Gasteiger partial charge in [-0.1, -0.05) is 25.1 Å². The molecule has 0 radical (unpaired) electrons. The van der Waals surface area contributed by atoms with Crippen molar-refractivity contribution in [3.63, 3.8) is 0 Å². The Balaban J connectivity index is 2.02. The van der Waals surface area contributed by atoms with Gasteiger partial charge in [-0.25, -0.2) is 0 Å². The van der Waals surface area contributed by atoms with Gasteiger partial charge in [0.2, 0.25) is 0 Å². The maximum absolute atomic E-state index is 3.60. The molecule has 1 unspecified atom stereocenters. The maximum atomic E-state index is 3.60. The monoisotopic (exact) mass is 242 g/mol. The van der Waals surface area contributed by atoms with E-state index in [9.17, 15) is 0 Å². The summed E-state index contributed by atoms with van der Waals surface area (Å²) < 4.78 is 2.30. The van der Waals surface area contributed by atoms with Crippen LogP contribution in [-0.4, -0.2) is 17.2 Å². The summed E-state index contributed by atoms with van der Waals surface area (Å²) in [5.74, 6) is 0. The van der Waals surface area contributed by atoms with Crippen LogP contribution in [0.15, 0.2) is 24.4 Å². The quantitative estimate of drug-likeness (QED) is 0.875. The second kappa shape index (κ2) is 4.77. The Hall–Kier alpha value is -1.28. The molecule has 2 heteroatoms. The Bertz CT molecular complexity index is 547. The number of aryl methyl sites for hydroxylation is 2. The molecule has 0 bridgehead atoms. The summed E-state index contributed by atoms with van der Waals surface area (Å²) in [6.07, 6.45) is 7.25. The minimum atomic E-state index is 0.681. The van der Waals surface area contributed by atoms with E-state index in [-0.39, 0.29) is 0 Å². The van der Waals surface area contributed by atoms with E-state index in [0.29, 0.717) is 6.04 Å². The molecule has 0 amide bonds. The molecule has 1 aromatic carbocycles. The first-order valence-corrected chi connectivity index (χ1v) is 7.08. The summed E-state index contributed by atoms with van der Waals surface area (Å²) in [5.41, 5.74) is 4.39. The topological polar surface area (TPSA) is 17.0 Å². The fourth-order valence-corrected chi connectivity index (χ4v) is 3.28. The zero-order valence-corrected chi connectivity index (χ0v) is 11.4. The van der Waals surface area contributed by atoms with Gasteiger partial charge in [-0.3, -0.25) is 0 Å². The van der Waals surface area contributed by atoms with Gasteiger partial charge in [0, 0.05) is 24.7 Å². The van der Waals surface area contributed by atoms with Crippen LogP contribution in [0.4, 0.5) is 0 Å². The molecular formula is C16H22N2. The predicted octanol–water partition coefficient (Wildman–Crippen LogP) is 3.04. The third-order valence-electron chi connectivity index (χ3n) is 4.18. The van der Waals surface area contributed by atoms with Crippen molar-refractivity contribution >= 4 is 10.9 Å². The van der Waals surface area contributed by atoms with Crippen molar-refractivity contribution in [2.75, 3.05) is 6.54 Å². The van der Waals surface area contributed by atoms with Crippen molar-refractivity contribution in [1.29, 1.82) is 0 Å². The molecule has 1 aliphatic heterocycles. The Morgan fingerprint density at radius 2 is 2.22 bits per heavy atom. The van der Waals surface area contributed by atoms with Crippen LogP contribution in [0, 0.1) is 0 Å². The summed E-state index contributed by atoms with van der Waals surface area (Å²) in [7, 11) is 2.17. The van der Waals surface area contributed by atoms with E-state index >= 15 is 0 Å². The minimum Gasteiger partial charge on any atom is -0.350 e. The lowest BCUT2D eigenvalue weighted by Gasteiger charge is -2.08. The molecule has 0 aliphatic carbocycles. The number of hydrogen-bond acceptors (Lipinski definition) is 1. The van der Waals surface area contributed by atoms with Crippen LogP contribution >= 0.6 is 0 Å². The molecule has 1 fully saturated rings. The SMILES string of the molecule is CCc1cccc2c(CC3CCCN3)cn(C)c12. The summed E-state index contributed by atoms with van der Waals surface area (Å²) in [6.45, 7) is 3.43. The average Bonchev–Trinajstić information content (AvgIpc) is 2.99. The Morgan fingerprint density at radius 1 is 1.33 bits per heavy atom. The molecule has 1 aromatic heterocycles. The fraction of sp³-hybridized carbons (Fsp3) is 0.500. The fourth-order valence-electron chi connectivity index (χ4n) is 3.28. The van der Waals surface area contributed by atoms with Gasteiger partial charge in [-0.2, -0.15) is 0 Å². The van der Waals surface area contributed by atoms with E-state index in [2.05, 4.69) is 48.3 Å². The lowest BCUT2D eigenvalue weighted by Crippen LogP contribution is -2.23. The zero-order valence-electron chi connectivity index (χ0n) is 11.4. The van der Waals surface area contributed by atoms with E-state index in [1.165, 1.54) is 47.8 Å². The third kappa shape index (κ3) is 1.95. The van der Waals surface area contributed by atoms with E-state index < -0.39 is 0 Å². The highest BCUT2D eigenvalue weighted by molar-refractivity contribution is 5.87. The highest BCUT2D eigenvalue weighted by atomic mass is 14.9. The van der Waals surface area contributed by atoms with Gasteiger partial charge in [0.25, 0.3) is 0 Å². The molecule has 0 spiro atoms. The first kappa shape index (κ1) is 11.8. The van der Waals surface area contributed by atoms with Crippen molar-refractivity contribution < 1.29 is 0 Å². The van der Waals surface area contributed by atoms with Crippen molar-refractivity contribution in [3.8, 4) is 0 Å². The van der Waals surface area contributed by atoms with Gasteiger partial charge in [0.05, 0.1) is 5.52 Å². The van der Waals surface area contributed by atoms with Crippen molar-refractivity contribution in [2.45, 2.75) is 38.6 Å². The van der Waals surface area contributed by atoms with Crippen molar-refractivity contribution in [2.24, 2.45) is 7.05 Å². The molecule has 1 saturated heterocycles. The Kier molecular flexibility index (Phi) is 3.13. The average molecular weight is 242 g/mol. The number of rotatable bonds is 3. The molecule has 1 atom stereocenters. The minimum absolute atomic E-state index is 0.681. The second-order valence-electron chi connectivity index (χ2n) is 5.43. The first-order valence-electron chi connectivity index (χ1n) is 7.08. The van der Waals surface area contributed by atoms with Gasteiger partial charge < -0.3 is 9.88 Å². The number of fused-ring (bicyclic) bond motifs is 1. The first-order chi connectivity index (χ1) is 8.79. The lowest BCUT2D eigenvalue weighted by atomic mass is 10.0. The van der Waals surface area contributed by atoms with E-state index in [1.807, 2.05) is 0 Å². The molecule has 0 saturated carbocycles. The lowest BCUT2D eigenvalue weighted by molar-refractivity contribution is 0.604. The van der Waals surface area contributed by atoms with Gasteiger partial charge in [-0.05, 0) is 43.4 Å². The number of benzene rings is 1. The van der Waals surface area contributed by atoms with Crippen LogP contribution in [-0.2, 0) is 19.9 Å². The molecule has 1 N–H and O–H groups in total. The summed E-state index contributed by atoms with van der Waals surface area (Å²) in [5, 5.41) is 5.05. The van der Waals surface area contributed by atoms with Crippen molar-refractivity contribution in [3.05, 3.63) is 35.5 Å². The summed E-state index contributed by atoms with van der Waals surface area (Å²) in [6, 6.07) is 7.41. The van der Waals surface area contributed by atoms with Gasteiger partial charge >= 0.3 is 0 Å². The maximum Gasteiger partial charge on any atom is 0.0512 e. The summed E-state index contributed by atoms with van der Waals surface area (Å²) >= 11 is 0. The van der Waals surface area contributed by atoms with Crippen LogP contribution in [0.5, 0.6) is 0 Å². The molecule has 1 aliphatic rings. The van der Waals surface area contributed by atoms with Crippen LogP contribution in [0.2, 0.25) is 0 Å². The third-order valence-corrected chi connectivity index (χ3v) is 4.18. The van der Waals surface area contributed by atoms with Crippen LogP contribution in [0.25, 0.3) is 10.9 Å². The smallest absolute Gasteiger partial charge is 0.0512 e. The predicted molar refractivity (Wildman–Crippen MR) is 77.0 cm³/mol. The van der Waals surface area contributed by atoms with Crippen LogP contribution in [0.3, 0.4) is 0 Å². The highest BCUT2D eigenvalue weighted by Gasteiger charge is 2.17. The molecule has 2 heterocycles. The number of para-hydroxylation sites is 1. The second-order valence-corrected chi connectivity index (χ2v) is 5.43. The van der Waals surface area contributed by atoms with E-state index in [0.717, 1.165) is 6.42 Å². The molecular weight excluding hydrogens is 220 g/mol.